The molecule has 14 heavy (non-hydrogen) atoms. The van der Waals surface area contributed by atoms with Crippen LogP contribution in [0.1, 0.15) is 34.1 Å². The third-order valence-corrected chi connectivity index (χ3v) is 3.27. The average molecular weight is 196 g/mol. The van der Waals surface area contributed by atoms with Gasteiger partial charge in [0.2, 0.25) is 0 Å². The summed E-state index contributed by atoms with van der Waals surface area (Å²) in [6.45, 7) is 8.92. The van der Waals surface area contributed by atoms with E-state index in [-0.39, 0.29) is 5.97 Å². The summed E-state index contributed by atoms with van der Waals surface area (Å²) in [5.41, 5.74) is 0.866. The van der Waals surface area contributed by atoms with Crippen molar-refractivity contribution in [2.75, 3.05) is 6.61 Å². The second kappa shape index (κ2) is 4.63. The first kappa shape index (κ1) is 11.3. The number of carbonyl (C=O) groups is 1. The van der Waals surface area contributed by atoms with Crippen molar-refractivity contribution in [3.05, 3.63) is 11.6 Å². The zero-order valence-electron chi connectivity index (χ0n) is 9.54. The zero-order chi connectivity index (χ0) is 10.7. The fourth-order valence-corrected chi connectivity index (χ4v) is 1.96. The Morgan fingerprint density at radius 2 is 2.14 bits per heavy atom. The first-order valence-electron chi connectivity index (χ1n) is 5.44. The molecule has 1 aliphatic rings. The van der Waals surface area contributed by atoms with E-state index in [9.17, 15) is 4.79 Å². The number of hydrogen-bond donors (Lipinski definition) is 0. The van der Waals surface area contributed by atoms with Crippen LogP contribution in [0.25, 0.3) is 0 Å². The molecule has 0 aromatic carbocycles. The normalized spacial score (nSPS) is 32.3. The Labute approximate surface area is 86.3 Å². The smallest absolute Gasteiger partial charge is 0.333 e. The van der Waals surface area contributed by atoms with Crippen molar-refractivity contribution in [2.45, 2.75) is 34.1 Å². The van der Waals surface area contributed by atoms with Crippen LogP contribution < -0.4 is 0 Å². The van der Waals surface area contributed by atoms with Gasteiger partial charge in [-0.3, -0.25) is 0 Å². The minimum atomic E-state index is -0.127. The number of rotatable bonds is 2. The van der Waals surface area contributed by atoms with Gasteiger partial charge in [0.05, 0.1) is 6.61 Å². The van der Waals surface area contributed by atoms with E-state index in [1.165, 1.54) is 0 Å². The van der Waals surface area contributed by atoms with Gasteiger partial charge in [-0.2, -0.15) is 0 Å². The molecular formula is C12H20O2. The van der Waals surface area contributed by atoms with Crippen molar-refractivity contribution in [1.82, 2.24) is 0 Å². The molecule has 0 aromatic rings. The first-order valence-corrected chi connectivity index (χ1v) is 5.44. The Balaban J connectivity index is 2.71. The summed E-state index contributed by atoms with van der Waals surface area (Å²) in [7, 11) is 0. The van der Waals surface area contributed by atoms with Gasteiger partial charge >= 0.3 is 5.97 Å². The molecule has 0 spiro atoms. The fraction of sp³-hybridized carbons (Fsp3) is 0.750. The largest absolute Gasteiger partial charge is 0.463 e. The van der Waals surface area contributed by atoms with Crippen LogP contribution in [0, 0.1) is 17.8 Å². The molecule has 0 N–H and O–H groups in total. The molecule has 0 aromatic heterocycles. The van der Waals surface area contributed by atoms with Crippen LogP contribution in [0.2, 0.25) is 0 Å². The molecule has 0 bridgehead atoms. The number of allylic oxidation sites excluding steroid dienone is 1. The molecule has 1 aliphatic carbocycles. The molecule has 0 saturated carbocycles. The Hall–Kier alpha value is -0.790. The zero-order valence-corrected chi connectivity index (χ0v) is 9.54. The van der Waals surface area contributed by atoms with Gasteiger partial charge in [0.1, 0.15) is 0 Å². The Kier molecular flexibility index (Phi) is 3.73. The van der Waals surface area contributed by atoms with Gasteiger partial charge in [-0.05, 0) is 31.1 Å². The summed E-state index contributed by atoms with van der Waals surface area (Å²) >= 11 is 0. The third-order valence-electron chi connectivity index (χ3n) is 3.27. The highest BCUT2D eigenvalue weighted by molar-refractivity contribution is 5.88. The average Bonchev–Trinajstić information content (AvgIpc) is 2.13. The summed E-state index contributed by atoms with van der Waals surface area (Å²) < 4.78 is 5.01. The number of esters is 1. The Morgan fingerprint density at radius 3 is 2.64 bits per heavy atom. The van der Waals surface area contributed by atoms with Gasteiger partial charge < -0.3 is 4.74 Å². The molecule has 80 valence electrons. The fourth-order valence-electron chi connectivity index (χ4n) is 1.96. The summed E-state index contributed by atoms with van der Waals surface area (Å²) in [5, 5.41) is 0. The van der Waals surface area contributed by atoms with E-state index < -0.39 is 0 Å². The minimum Gasteiger partial charge on any atom is -0.463 e. The maximum atomic E-state index is 11.5. The monoisotopic (exact) mass is 196 g/mol. The lowest BCUT2D eigenvalue weighted by molar-refractivity contribution is -0.139. The third kappa shape index (κ3) is 2.37. The molecule has 0 heterocycles. The SMILES string of the molecule is CCOC(=O)C1=C[C@@H](C)[C@H](C)[C@@H](C)C1. The summed E-state index contributed by atoms with van der Waals surface area (Å²) in [6.07, 6.45) is 2.94. The van der Waals surface area contributed by atoms with Crippen molar-refractivity contribution < 1.29 is 9.53 Å². The van der Waals surface area contributed by atoms with Crippen LogP contribution in [0.4, 0.5) is 0 Å². The van der Waals surface area contributed by atoms with E-state index in [0.717, 1.165) is 12.0 Å². The minimum absolute atomic E-state index is 0.127. The lowest BCUT2D eigenvalue weighted by Crippen LogP contribution is -2.24. The maximum Gasteiger partial charge on any atom is 0.333 e. The Morgan fingerprint density at radius 1 is 1.50 bits per heavy atom. The van der Waals surface area contributed by atoms with E-state index in [0.29, 0.717) is 24.4 Å². The van der Waals surface area contributed by atoms with E-state index in [1.807, 2.05) is 6.92 Å². The molecule has 0 unspecified atom stereocenters. The molecular weight excluding hydrogens is 176 g/mol. The lowest BCUT2D eigenvalue weighted by atomic mass is 9.76. The second-order valence-electron chi connectivity index (χ2n) is 4.31. The predicted molar refractivity (Wildman–Crippen MR) is 56.8 cm³/mol. The van der Waals surface area contributed by atoms with Gasteiger partial charge in [0, 0.05) is 5.57 Å². The highest BCUT2D eigenvalue weighted by atomic mass is 16.5. The molecule has 0 aliphatic heterocycles. The molecule has 1 rings (SSSR count). The van der Waals surface area contributed by atoms with Crippen molar-refractivity contribution in [3.8, 4) is 0 Å². The molecule has 0 fully saturated rings. The van der Waals surface area contributed by atoms with Gasteiger partial charge in [0.15, 0.2) is 0 Å². The standard InChI is InChI=1S/C12H20O2/c1-5-14-12(13)11-6-8(2)10(4)9(3)7-11/h6,8-10H,5,7H2,1-4H3/t8-,9+,10+/m1/s1. The quantitative estimate of drug-likeness (QED) is 0.635. The van der Waals surface area contributed by atoms with Gasteiger partial charge in [-0.15, -0.1) is 0 Å². The predicted octanol–water partition coefficient (Wildman–Crippen LogP) is 2.79. The highest BCUT2D eigenvalue weighted by Crippen LogP contribution is 2.33. The van der Waals surface area contributed by atoms with Crippen LogP contribution in [0.3, 0.4) is 0 Å². The lowest BCUT2D eigenvalue weighted by Gasteiger charge is -2.30. The van der Waals surface area contributed by atoms with Crippen LogP contribution in [-0.2, 0) is 9.53 Å². The molecule has 2 heteroatoms. The number of carbonyl (C=O) groups excluding carboxylic acids is 1. The maximum absolute atomic E-state index is 11.5. The van der Waals surface area contributed by atoms with Gasteiger partial charge in [0.25, 0.3) is 0 Å². The Bertz CT molecular complexity index is 243. The van der Waals surface area contributed by atoms with E-state index in [1.54, 1.807) is 0 Å². The van der Waals surface area contributed by atoms with Crippen LogP contribution in [0.15, 0.2) is 11.6 Å². The van der Waals surface area contributed by atoms with Crippen LogP contribution >= 0.6 is 0 Å². The van der Waals surface area contributed by atoms with Crippen molar-refractivity contribution in [1.29, 1.82) is 0 Å². The first-order chi connectivity index (χ1) is 6.56. The molecule has 0 amide bonds. The van der Waals surface area contributed by atoms with Crippen molar-refractivity contribution in [3.63, 3.8) is 0 Å². The van der Waals surface area contributed by atoms with Crippen LogP contribution in [-0.4, -0.2) is 12.6 Å². The molecule has 0 radical (unpaired) electrons. The van der Waals surface area contributed by atoms with Crippen molar-refractivity contribution >= 4 is 5.97 Å². The highest BCUT2D eigenvalue weighted by Gasteiger charge is 2.27. The van der Waals surface area contributed by atoms with Crippen LogP contribution in [0.5, 0.6) is 0 Å². The topological polar surface area (TPSA) is 26.3 Å². The van der Waals surface area contributed by atoms with E-state index >= 15 is 0 Å². The summed E-state index contributed by atoms with van der Waals surface area (Å²) in [6, 6.07) is 0. The van der Waals surface area contributed by atoms with E-state index in [4.69, 9.17) is 4.74 Å². The van der Waals surface area contributed by atoms with Crippen molar-refractivity contribution in [2.24, 2.45) is 17.8 Å². The van der Waals surface area contributed by atoms with Gasteiger partial charge in [-0.25, -0.2) is 4.79 Å². The van der Waals surface area contributed by atoms with Gasteiger partial charge in [-0.1, -0.05) is 26.8 Å². The molecule has 3 atom stereocenters. The summed E-state index contributed by atoms with van der Waals surface area (Å²) in [4.78, 5) is 11.5. The van der Waals surface area contributed by atoms with E-state index in [2.05, 4.69) is 26.8 Å². The number of ether oxygens (including phenoxy) is 1. The second-order valence-corrected chi connectivity index (χ2v) is 4.31. The number of hydrogen-bond acceptors (Lipinski definition) is 2. The molecule has 0 saturated heterocycles. The molecule has 2 nitrogen and oxygen atoms in total. The summed E-state index contributed by atoms with van der Waals surface area (Å²) in [5.74, 6) is 1.60.